The van der Waals surface area contributed by atoms with E-state index < -0.39 is 17.7 Å². The van der Waals surface area contributed by atoms with Gasteiger partial charge in [-0.25, -0.2) is 9.18 Å². The molecule has 1 heterocycles. The van der Waals surface area contributed by atoms with Crippen LogP contribution in [0.3, 0.4) is 0 Å². The van der Waals surface area contributed by atoms with E-state index in [9.17, 15) is 14.0 Å². The Kier molecular flexibility index (Phi) is 6.03. The second kappa shape index (κ2) is 8.45. The normalized spacial score (nSPS) is 10.5. The van der Waals surface area contributed by atoms with Crippen LogP contribution in [0.2, 0.25) is 0 Å². The third kappa shape index (κ3) is 4.26. The number of hydrogen-bond acceptors (Lipinski definition) is 4. The van der Waals surface area contributed by atoms with E-state index in [1.807, 2.05) is 24.3 Å². The Hall–Kier alpha value is -2.51. The number of nitrogens with one attached hydrogen (secondary N) is 1. The first-order valence-electron chi connectivity index (χ1n) is 8.11. The molecule has 0 aliphatic carbocycles. The standard InChI is InChI=1S/C20H15BrFNO3S/c1-2-26-20(25)17-15(14-5-3-4-6-16(14)21)11-27-19(17)23-18(24)12-7-9-13(22)10-8-12/h3-11H,2H2,1H3,(H,23,24). The molecule has 0 saturated carbocycles. The van der Waals surface area contributed by atoms with Gasteiger partial charge in [-0.15, -0.1) is 11.3 Å². The molecule has 0 atom stereocenters. The monoisotopic (exact) mass is 447 g/mol. The van der Waals surface area contributed by atoms with Gasteiger partial charge in [-0.05, 0) is 42.8 Å². The molecule has 27 heavy (non-hydrogen) atoms. The zero-order valence-electron chi connectivity index (χ0n) is 14.3. The van der Waals surface area contributed by atoms with E-state index in [-0.39, 0.29) is 6.61 Å². The predicted molar refractivity (Wildman–Crippen MR) is 108 cm³/mol. The van der Waals surface area contributed by atoms with Crippen LogP contribution in [-0.2, 0) is 4.74 Å². The molecule has 0 saturated heterocycles. The summed E-state index contributed by atoms with van der Waals surface area (Å²) in [6, 6.07) is 12.7. The minimum atomic E-state index is -0.515. The van der Waals surface area contributed by atoms with Crippen LogP contribution in [-0.4, -0.2) is 18.5 Å². The number of esters is 1. The Morgan fingerprint density at radius 2 is 1.81 bits per heavy atom. The number of ether oxygens (including phenoxy) is 1. The summed E-state index contributed by atoms with van der Waals surface area (Å²) >= 11 is 4.72. The fourth-order valence-corrected chi connectivity index (χ4v) is 3.95. The smallest absolute Gasteiger partial charge is 0.341 e. The average Bonchev–Trinajstić information content (AvgIpc) is 3.06. The Balaban J connectivity index is 2.00. The number of rotatable bonds is 5. The summed E-state index contributed by atoms with van der Waals surface area (Å²) in [6.07, 6.45) is 0. The number of halogens is 2. The Labute approximate surface area is 168 Å². The molecule has 0 aliphatic rings. The zero-order valence-corrected chi connectivity index (χ0v) is 16.7. The molecule has 0 bridgehead atoms. The van der Waals surface area contributed by atoms with Crippen molar-refractivity contribution in [3.8, 4) is 11.1 Å². The van der Waals surface area contributed by atoms with E-state index in [2.05, 4.69) is 21.2 Å². The van der Waals surface area contributed by atoms with Crippen LogP contribution in [0, 0.1) is 5.82 Å². The highest BCUT2D eigenvalue weighted by molar-refractivity contribution is 9.10. The van der Waals surface area contributed by atoms with Gasteiger partial charge in [0.1, 0.15) is 16.4 Å². The fraction of sp³-hybridized carbons (Fsp3) is 0.100. The summed E-state index contributed by atoms with van der Waals surface area (Å²) < 4.78 is 19.1. The molecule has 4 nitrogen and oxygen atoms in total. The minimum absolute atomic E-state index is 0.218. The van der Waals surface area contributed by atoms with Crippen molar-refractivity contribution < 1.29 is 18.7 Å². The molecule has 1 amide bonds. The van der Waals surface area contributed by atoms with Crippen LogP contribution in [0.15, 0.2) is 58.4 Å². The maximum Gasteiger partial charge on any atom is 0.341 e. The van der Waals surface area contributed by atoms with Crippen LogP contribution in [0.1, 0.15) is 27.6 Å². The third-order valence-electron chi connectivity index (χ3n) is 3.77. The Morgan fingerprint density at radius 3 is 2.48 bits per heavy atom. The third-order valence-corrected chi connectivity index (χ3v) is 5.36. The average molecular weight is 448 g/mol. The Bertz CT molecular complexity index is 985. The molecule has 0 unspecified atom stereocenters. The van der Waals surface area contributed by atoms with Crippen molar-refractivity contribution >= 4 is 44.1 Å². The maximum absolute atomic E-state index is 13.1. The fourth-order valence-electron chi connectivity index (χ4n) is 2.51. The molecule has 2 aromatic carbocycles. The summed E-state index contributed by atoms with van der Waals surface area (Å²) in [5, 5.41) is 4.92. The lowest BCUT2D eigenvalue weighted by molar-refractivity contribution is 0.0529. The van der Waals surface area contributed by atoms with Crippen molar-refractivity contribution in [3.05, 3.63) is 75.3 Å². The summed E-state index contributed by atoms with van der Waals surface area (Å²) in [4.78, 5) is 25.0. The highest BCUT2D eigenvalue weighted by Gasteiger charge is 2.24. The van der Waals surface area contributed by atoms with Gasteiger partial charge in [0.15, 0.2) is 0 Å². The highest BCUT2D eigenvalue weighted by Crippen LogP contribution is 2.39. The molecule has 7 heteroatoms. The van der Waals surface area contributed by atoms with Crippen molar-refractivity contribution in [3.63, 3.8) is 0 Å². The lowest BCUT2D eigenvalue weighted by Crippen LogP contribution is -2.14. The second-order valence-electron chi connectivity index (χ2n) is 5.51. The van der Waals surface area contributed by atoms with E-state index in [0.717, 1.165) is 10.0 Å². The van der Waals surface area contributed by atoms with Crippen molar-refractivity contribution in [2.45, 2.75) is 6.92 Å². The summed E-state index contributed by atoms with van der Waals surface area (Å²) in [7, 11) is 0. The molecule has 0 fully saturated rings. The van der Waals surface area contributed by atoms with E-state index in [0.29, 0.717) is 21.7 Å². The number of carbonyl (C=O) groups is 2. The van der Waals surface area contributed by atoms with Crippen molar-refractivity contribution in [1.29, 1.82) is 0 Å². The number of hydrogen-bond donors (Lipinski definition) is 1. The van der Waals surface area contributed by atoms with Gasteiger partial charge in [0, 0.05) is 21.0 Å². The largest absolute Gasteiger partial charge is 0.462 e. The summed E-state index contributed by atoms with van der Waals surface area (Å²) in [6.45, 7) is 1.94. The van der Waals surface area contributed by atoms with Crippen LogP contribution < -0.4 is 5.32 Å². The molecule has 138 valence electrons. The molecule has 3 aromatic rings. The van der Waals surface area contributed by atoms with E-state index in [4.69, 9.17) is 4.74 Å². The van der Waals surface area contributed by atoms with Crippen LogP contribution in [0.25, 0.3) is 11.1 Å². The first kappa shape index (κ1) is 19.3. The minimum Gasteiger partial charge on any atom is -0.462 e. The summed E-state index contributed by atoms with van der Waals surface area (Å²) in [5.74, 6) is -1.37. The van der Waals surface area contributed by atoms with Gasteiger partial charge in [0.25, 0.3) is 5.91 Å². The second-order valence-corrected chi connectivity index (χ2v) is 7.25. The molecular weight excluding hydrogens is 433 g/mol. The lowest BCUT2D eigenvalue weighted by atomic mass is 10.0. The SMILES string of the molecule is CCOC(=O)c1c(-c2ccccc2Br)csc1NC(=O)c1ccc(F)cc1. The van der Waals surface area contributed by atoms with Gasteiger partial charge in [-0.1, -0.05) is 34.1 Å². The van der Waals surface area contributed by atoms with E-state index in [1.54, 1.807) is 12.3 Å². The van der Waals surface area contributed by atoms with E-state index >= 15 is 0 Å². The first-order valence-corrected chi connectivity index (χ1v) is 9.79. The first-order chi connectivity index (χ1) is 13.0. The highest BCUT2D eigenvalue weighted by atomic mass is 79.9. The number of amides is 1. The van der Waals surface area contributed by atoms with Crippen LogP contribution in [0.5, 0.6) is 0 Å². The number of thiophene rings is 1. The number of benzene rings is 2. The summed E-state index contributed by atoms with van der Waals surface area (Å²) in [5.41, 5.74) is 2.07. The molecule has 0 radical (unpaired) electrons. The number of carbonyl (C=O) groups excluding carboxylic acids is 2. The zero-order chi connectivity index (χ0) is 19.4. The maximum atomic E-state index is 13.1. The van der Waals surface area contributed by atoms with Crippen molar-refractivity contribution in [2.75, 3.05) is 11.9 Å². The van der Waals surface area contributed by atoms with Gasteiger partial charge in [-0.2, -0.15) is 0 Å². The van der Waals surface area contributed by atoms with Gasteiger partial charge in [0.05, 0.1) is 6.61 Å². The molecule has 0 spiro atoms. The van der Waals surface area contributed by atoms with Crippen molar-refractivity contribution in [1.82, 2.24) is 0 Å². The predicted octanol–water partition coefficient (Wildman–Crippen LogP) is 5.75. The molecule has 1 N–H and O–H groups in total. The molecule has 0 aliphatic heterocycles. The molecule has 3 rings (SSSR count). The lowest BCUT2D eigenvalue weighted by Gasteiger charge is -2.10. The van der Waals surface area contributed by atoms with Crippen LogP contribution in [0.4, 0.5) is 9.39 Å². The number of anilines is 1. The van der Waals surface area contributed by atoms with Crippen LogP contribution >= 0.6 is 27.3 Å². The van der Waals surface area contributed by atoms with Gasteiger partial charge in [0.2, 0.25) is 0 Å². The van der Waals surface area contributed by atoms with Gasteiger partial charge in [-0.3, -0.25) is 4.79 Å². The molecular formula is C20H15BrFNO3S. The quantitative estimate of drug-likeness (QED) is 0.506. The van der Waals surface area contributed by atoms with E-state index in [1.165, 1.54) is 35.6 Å². The topological polar surface area (TPSA) is 55.4 Å². The van der Waals surface area contributed by atoms with Gasteiger partial charge >= 0.3 is 5.97 Å². The van der Waals surface area contributed by atoms with Crippen molar-refractivity contribution in [2.24, 2.45) is 0 Å². The van der Waals surface area contributed by atoms with Gasteiger partial charge < -0.3 is 10.1 Å². The Morgan fingerprint density at radius 1 is 1.11 bits per heavy atom. The molecule has 1 aromatic heterocycles.